The van der Waals surface area contributed by atoms with Crippen LogP contribution in [0.5, 0.6) is 11.5 Å². The summed E-state index contributed by atoms with van der Waals surface area (Å²) < 4.78 is 111. The van der Waals surface area contributed by atoms with Gasteiger partial charge in [0.05, 0.1) is 11.1 Å². The summed E-state index contributed by atoms with van der Waals surface area (Å²) in [5.41, 5.74) is -2.68. The maximum absolute atomic E-state index is 13.4. The van der Waals surface area contributed by atoms with Gasteiger partial charge in [0.15, 0.2) is 23.1 Å². The third-order valence-electron chi connectivity index (χ3n) is 4.59. The molecule has 1 unspecified atom stereocenters. The van der Waals surface area contributed by atoms with Crippen LogP contribution >= 0.6 is 0 Å². The number of halogens is 8. The minimum Gasteiger partial charge on any atom is -0.505 e. The van der Waals surface area contributed by atoms with Crippen LogP contribution in [0.1, 0.15) is 29.2 Å². The first-order chi connectivity index (χ1) is 15.7. The van der Waals surface area contributed by atoms with Gasteiger partial charge in [0.1, 0.15) is 12.7 Å². The highest BCUT2D eigenvalue weighted by Gasteiger charge is 2.39. The summed E-state index contributed by atoms with van der Waals surface area (Å²) in [5.74, 6) is -3.87. The molecule has 0 aromatic heterocycles. The van der Waals surface area contributed by atoms with Crippen LogP contribution in [0.2, 0.25) is 0 Å². The summed E-state index contributed by atoms with van der Waals surface area (Å²) in [6, 6.07) is 2.60. The molecule has 186 valence electrons. The molecular formula is C22H18F8O4. The molecular weight excluding hydrogens is 480 g/mol. The molecule has 2 aromatic carbocycles. The average molecular weight is 498 g/mol. The standard InChI is InChI=1S/C12H10F4O3.C10H8F4O/c1-6(17)18-5-7-4-8-9(12(14,15)16)2-3-10(13)11(8)19-7;1-2-3-6-7(10(12,13)14)4-5-8(11)9(6)15/h2-3,7H,4-5H2,1H3;2,4-5,15H,1,3H2. The Hall–Kier alpha value is -3.31. The van der Waals surface area contributed by atoms with Gasteiger partial charge in [0.2, 0.25) is 0 Å². The van der Waals surface area contributed by atoms with Crippen molar-refractivity contribution in [2.45, 2.75) is 38.2 Å². The number of aromatic hydroxyl groups is 1. The summed E-state index contributed by atoms with van der Waals surface area (Å²) >= 11 is 0. The van der Waals surface area contributed by atoms with Gasteiger partial charge in [-0.05, 0) is 30.7 Å². The molecule has 0 spiro atoms. The van der Waals surface area contributed by atoms with Crippen molar-refractivity contribution in [3.8, 4) is 11.5 Å². The Kier molecular flexibility index (Phi) is 8.17. The quantitative estimate of drug-likeness (QED) is 0.320. The first-order valence-electron chi connectivity index (χ1n) is 9.53. The molecule has 4 nitrogen and oxygen atoms in total. The number of rotatable bonds is 4. The number of allylic oxidation sites excluding steroid dienone is 1. The number of benzene rings is 2. The minimum atomic E-state index is -4.61. The summed E-state index contributed by atoms with van der Waals surface area (Å²) in [6.45, 7) is 4.21. The van der Waals surface area contributed by atoms with Crippen LogP contribution in [0.15, 0.2) is 36.9 Å². The first kappa shape index (κ1) is 26.9. The molecule has 1 atom stereocenters. The van der Waals surface area contributed by atoms with Gasteiger partial charge in [-0.1, -0.05) is 6.08 Å². The van der Waals surface area contributed by atoms with Gasteiger partial charge in [-0.25, -0.2) is 8.78 Å². The van der Waals surface area contributed by atoms with Gasteiger partial charge in [0.25, 0.3) is 0 Å². The third kappa shape index (κ3) is 6.39. The van der Waals surface area contributed by atoms with Crippen LogP contribution in [0.4, 0.5) is 35.1 Å². The topological polar surface area (TPSA) is 55.8 Å². The Balaban J connectivity index is 0.000000248. The molecule has 1 N–H and O–H groups in total. The molecule has 0 radical (unpaired) electrons. The number of fused-ring (bicyclic) bond motifs is 1. The Morgan fingerprint density at radius 2 is 1.65 bits per heavy atom. The van der Waals surface area contributed by atoms with E-state index in [9.17, 15) is 39.9 Å². The van der Waals surface area contributed by atoms with E-state index < -0.39 is 64.2 Å². The average Bonchev–Trinajstić information content (AvgIpc) is 3.14. The number of hydrogen-bond acceptors (Lipinski definition) is 4. The number of carbonyl (C=O) groups is 1. The van der Waals surface area contributed by atoms with Crippen molar-refractivity contribution in [3.05, 3.63) is 70.8 Å². The SMILES string of the molecule is C=CCc1c(C(F)(F)F)ccc(F)c1O.CC(=O)OCC1Cc2c(C(F)(F)F)ccc(F)c2O1. The molecule has 0 bridgehead atoms. The second kappa shape index (κ2) is 10.3. The number of hydrogen-bond donors (Lipinski definition) is 1. The van der Waals surface area contributed by atoms with Crippen molar-refractivity contribution in [1.29, 1.82) is 0 Å². The lowest BCUT2D eigenvalue weighted by atomic mass is 10.0. The summed E-state index contributed by atoms with van der Waals surface area (Å²) in [6.07, 6.45) is -9.19. The van der Waals surface area contributed by atoms with Crippen molar-refractivity contribution in [2.24, 2.45) is 0 Å². The maximum Gasteiger partial charge on any atom is 0.416 e. The largest absolute Gasteiger partial charge is 0.505 e. The molecule has 0 aliphatic carbocycles. The number of carbonyl (C=O) groups excluding carboxylic acids is 1. The van der Waals surface area contributed by atoms with E-state index in [1.807, 2.05) is 0 Å². The van der Waals surface area contributed by atoms with Gasteiger partial charge in [-0.15, -0.1) is 6.58 Å². The van der Waals surface area contributed by atoms with Crippen molar-refractivity contribution in [1.82, 2.24) is 0 Å². The van der Waals surface area contributed by atoms with Crippen LogP contribution in [0.3, 0.4) is 0 Å². The Labute approximate surface area is 188 Å². The van der Waals surface area contributed by atoms with E-state index in [0.717, 1.165) is 6.07 Å². The Morgan fingerprint density at radius 1 is 1.09 bits per heavy atom. The number of phenolic OH excluding ortho intramolecular Hbond substituents is 1. The van der Waals surface area contributed by atoms with Crippen LogP contribution in [-0.4, -0.2) is 23.8 Å². The van der Waals surface area contributed by atoms with Crippen molar-refractivity contribution >= 4 is 5.97 Å². The van der Waals surface area contributed by atoms with E-state index in [-0.39, 0.29) is 25.0 Å². The molecule has 1 heterocycles. The zero-order valence-corrected chi connectivity index (χ0v) is 17.5. The van der Waals surface area contributed by atoms with E-state index in [2.05, 4.69) is 11.3 Å². The van der Waals surface area contributed by atoms with Crippen LogP contribution in [0, 0.1) is 11.6 Å². The molecule has 1 aliphatic heterocycles. The lowest BCUT2D eigenvalue weighted by Gasteiger charge is -2.13. The predicted octanol–water partition coefficient (Wildman–Crippen LogP) is 5.99. The number of esters is 1. The molecule has 0 fully saturated rings. The molecule has 0 saturated carbocycles. The van der Waals surface area contributed by atoms with Gasteiger partial charge in [0, 0.05) is 24.5 Å². The molecule has 0 amide bonds. The Morgan fingerprint density at radius 3 is 2.18 bits per heavy atom. The summed E-state index contributed by atoms with van der Waals surface area (Å²) in [5, 5.41) is 9.15. The van der Waals surface area contributed by atoms with E-state index >= 15 is 0 Å². The van der Waals surface area contributed by atoms with Crippen LogP contribution in [0.25, 0.3) is 0 Å². The first-order valence-corrected chi connectivity index (χ1v) is 9.53. The fourth-order valence-corrected chi connectivity index (χ4v) is 3.16. The number of ether oxygens (including phenoxy) is 2. The second-order valence-corrected chi connectivity index (χ2v) is 7.06. The normalized spacial score (nSPS) is 15.0. The predicted molar refractivity (Wildman–Crippen MR) is 103 cm³/mol. The van der Waals surface area contributed by atoms with E-state index in [1.165, 1.54) is 13.0 Å². The van der Waals surface area contributed by atoms with Crippen molar-refractivity contribution < 1.29 is 54.5 Å². The third-order valence-corrected chi connectivity index (χ3v) is 4.59. The second-order valence-electron chi connectivity index (χ2n) is 7.06. The lowest BCUT2D eigenvalue weighted by molar-refractivity contribution is -0.143. The zero-order chi connectivity index (χ0) is 25.8. The monoisotopic (exact) mass is 498 g/mol. The fraction of sp³-hybridized carbons (Fsp3) is 0.318. The highest BCUT2D eigenvalue weighted by Crippen LogP contribution is 2.41. The van der Waals surface area contributed by atoms with E-state index in [0.29, 0.717) is 18.2 Å². The van der Waals surface area contributed by atoms with E-state index in [1.54, 1.807) is 0 Å². The van der Waals surface area contributed by atoms with Crippen LogP contribution < -0.4 is 4.74 Å². The van der Waals surface area contributed by atoms with Crippen molar-refractivity contribution in [3.63, 3.8) is 0 Å². The molecule has 0 saturated heterocycles. The molecule has 12 heteroatoms. The zero-order valence-electron chi connectivity index (χ0n) is 17.5. The summed E-state index contributed by atoms with van der Waals surface area (Å²) in [4.78, 5) is 10.6. The van der Waals surface area contributed by atoms with Gasteiger partial charge >= 0.3 is 18.3 Å². The minimum absolute atomic E-state index is 0.144. The van der Waals surface area contributed by atoms with Gasteiger partial charge < -0.3 is 14.6 Å². The molecule has 3 rings (SSSR count). The molecule has 34 heavy (non-hydrogen) atoms. The number of alkyl halides is 6. The molecule has 1 aliphatic rings. The Bertz CT molecular complexity index is 1060. The lowest BCUT2D eigenvalue weighted by Crippen LogP contribution is -2.22. The van der Waals surface area contributed by atoms with Gasteiger partial charge in [-0.3, -0.25) is 4.79 Å². The smallest absolute Gasteiger partial charge is 0.416 e. The number of phenols is 1. The van der Waals surface area contributed by atoms with E-state index in [4.69, 9.17) is 9.84 Å². The summed E-state index contributed by atoms with van der Waals surface area (Å²) in [7, 11) is 0. The highest BCUT2D eigenvalue weighted by atomic mass is 19.4. The fourth-order valence-electron chi connectivity index (χ4n) is 3.16. The maximum atomic E-state index is 13.4. The molecule has 2 aromatic rings. The van der Waals surface area contributed by atoms with Crippen molar-refractivity contribution in [2.75, 3.05) is 6.61 Å². The van der Waals surface area contributed by atoms with Crippen LogP contribution in [-0.2, 0) is 34.7 Å². The highest BCUT2D eigenvalue weighted by molar-refractivity contribution is 5.66. The van der Waals surface area contributed by atoms with Gasteiger partial charge in [-0.2, -0.15) is 26.3 Å².